The van der Waals surface area contributed by atoms with Crippen molar-refractivity contribution >= 4 is 81.6 Å². The van der Waals surface area contributed by atoms with Gasteiger partial charge in [-0.2, -0.15) is 0 Å². The normalized spacial score (nSPS) is 17.6. The second-order valence-corrected chi connectivity index (χ2v) is 17.2. The van der Waals surface area contributed by atoms with Gasteiger partial charge in [0.1, 0.15) is 30.4 Å². The molecule has 17 heteroatoms. The zero-order valence-electron chi connectivity index (χ0n) is 32.0. The Bertz CT molecular complexity index is 1710. The SMILES string of the molecule is CO[C@H](C)[C@H](OC(=O)C(C)(C)C=Cc1ccc2ccc([C@@H](C)NC(=O)OC(C)(C)C)nc2c1)C(=O)N[C@@H](C)C(=O)N1CCC[C@@H](C(=O)OCC(Cl)(Cl)Cl)N1. The van der Waals surface area contributed by atoms with E-state index >= 15 is 0 Å². The highest BCUT2D eigenvalue weighted by atomic mass is 35.6. The average molecular weight is 815 g/mol. The number of benzene rings is 1. The average Bonchev–Trinajstić information content (AvgIpc) is 3.09. The third-order valence-corrected chi connectivity index (χ3v) is 8.60. The number of rotatable bonds is 13. The largest absolute Gasteiger partial charge is 0.460 e. The van der Waals surface area contributed by atoms with Gasteiger partial charge in [-0.25, -0.2) is 10.2 Å². The Labute approximate surface area is 330 Å². The number of aromatic nitrogens is 1. The number of hydrazine groups is 1. The maximum atomic E-state index is 13.5. The van der Waals surface area contributed by atoms with Crippen molar-refractivity contribution in [3.63, 3.8) is 0 Å². The number of hydrogen-bond acceptors (Lipinski definition) is 11. The van der Waals surface area contributed by atoms with Crippen LogP contribution in [0.2, 0.25) is 0 Å². The first-order valence-electron chi connectivity index (χ1n) is 17.4. The summed E-state index contributed by atoms with van der Waals surface area (Å²) in [7, 11) is 1.37. The van der Waals surface area contributed by atoms with Crippen molar-refractivity contribution in [3.05, 3.63) is 47.7 Å². The third-order valence-electron chi connectivity index (χ3n) is 8.27. The van der Waals surface area contributed by atoms with Crippen LogP contribution in [0, 0.1) is 5.41 Å². The fourth-order valence-electron chi connectivity index (χ4n) is 5.14. The Balaban J connectivity index is 1.66. The molecule has 3 rings (SSSR count). The van der Waals surface area contributed by atoms with Gasteiger partial charge in [0, 0.05) is 19.0 Å². The summed E-state index contributed by atoms with van der Waals surface area (Å²) in [5.41, 5.74) is 3.04. The van der Waals surface area contributed by atoms with Crippen LogP contribution in [0.5, 0.6) is 0 Å². The molecule has 298 valence electrons. The number of methoxy groups -OCH3 is 1. The lowest BCUT2D eigenvalue weighted by atomic mass is 9.92. The molecule has 3 amide bonds. The molecule has 1 aliphatic heterocycles. The number of hydrogen-bond donors (Lipinski definition) is 3. The summed E-state index contributed by atoms with van der Waals surface area (Å²) in [6.07, 6.45) is 1.44. The molecule has 0 spiro atoms. The van der Waals surface area contributed by atoms with Gasteiger partial charge in [0.25, 0.3) is 11.8 Å². The highest BCUT2D eigenvalue weighted by Gasteiger charge is 2.38. The van der Waals surface area contributed by atoms with Crippen LogP contribution in [0.25, 0.3) is 17.0 Å². The molecule has 1 aliphatic rings. The summed E-state index contributed by atoms with van der Waals surface area (Å²) in [6, 6.07) is 7.01. The zero-order chi connectivity index (χ0) is 40.6. The number of alkyl carbamates (subject to hydrolysis) is 1. The van der Waals surface area contributed by atoms with Crippen LogP contribution in [-0.4, -0.2) is 93.8 Å². The van der Waals surface area contributed by atoms with E-state index in [-0.39, 0.29) is 6.54 Å². The first kappa shape index (κ1) is 44.7. The molecule has 0 aliphatic carbocycles. The second kappa shape index (κ2) is 18.8. The van der Waals surface area contributed by atoms with E-state index in [1.165, 1.54) is 19.0 Å². The van der Waals surface area contributed by atoms with Crippen molar-refractivity contribution in [2.45, 2.75) is 108 Å². The van der Waals surface area contributed by atoms with Gasteiger partial charge in [0.2, 0.25) is 9.90 Å². The quantitative estimate of drug-likeness (QED) is 0.128. The smallest absolute Gasteiger partial charge is 0.408 e. The van der Waals surface area contributed by atoms with Gasteiger partial charge in [0.15, 0.2) is 0 Å². The molecule has 5 atom stereocenters. The number of nitrogens with zero attached hydrogens (tertiary/aromatic N) is 2. The third kappa shape index (κ3) is 13.6. The number of esters is 2. The summed E-state index contributed by atoms with van der Waals surface area (Å²) in [5, 5.41) is 7.49. The van der Waals surface area contributed by atoms with Gasteiger partial charge < -0.3 is 29.6 Å². The zero-order valence-corrected chi connectivity index (χ0v) is 34.2. The number of carbonyl (C=O) groups is 5. The topological polar surface area (TPSA) is 174 Å². The van der Waals surface area contributed by atoms with Crippen LogP contribution in [0.3, 0.4) is 0 Å². The first-order valence-corrected chi connectivity index (χ1v) is 18.6. The van der Waals surface area contributed by atoms with Crippen LogP contribution in [0.1, 0.15) is 85.5 Å². The molecule has 2 aromatic rings. The molecule has 1 fully saturated rings. The number of nitrogens with one attached hydrogen (secondary N) is 3. The summed E-state index contributed by atoms with van der Waals surface area (Å²) in [5.74, 6) is -2.69. The van der Waals surface area contributed by atoms with Gasteiger partial charge >= 0.3 is 18.0 Å². The van der Waals surface area contributed by atoms with E-state index in [9.17, 15) is 24.0 Å². The fourth-order valence-corrected chi connectivity index (χ4v) is 5.30. The van der Waals surface area contributed by atoms with Crippen molar-refractivity contribution in [3.8, 4) is 0 Å². The van der Waals surface area contributed by atoms with E-state index in [0.29, 0.717) is 24.1 Å². The standard InChI is InChI=1S/C37H50Cl3N5O9/c1-21(42-34(50)54-35(4,5)6)26-15-14-25-13-12-24(19-28(25)43-26)16-17-36(7,8)33(49)53-29(23(3)51-9)30(46)41-22(2)31(47)45-18-10-11-27(44-45)32(48)52-20-37(38,39)40/h12-17,19,21-23,27,29,44H,10-11,18,20H2,1-9H3,(H,41,46)(H,42,50)/t21-,22+,23-,27+,29+/m1/s1. The molecule has 0 bridgehead atoms. The van der Waals surface area contributed by atoms with E-state index < -0.39 is 81.6 Å². The van der Waals surface area contributed by atoms with Gasteiger partial charge in [0.05, 0.1) is 22.7 Å². The minimum Gasteiger partial charge on any atom is -0.460 e. The van der Waals surface area contributed by atoms with Crippen LogP contribution >= 0.6 is 34.8 Å². The molecule has 1 saturated heterocycles. The number of amides is 3. The van der Waals surface area contributed by atoms with E-state index in [1.54, 1.807) is 53.7 Å². The summed E-state index contributed by atoms with van der Waals surface area (Å²) in [4.78, 5) is 69.6. The highest BCUT2D eigenvalue weighted by molar-refractivity contribution is 6.67. The lowest BCUT2D eigenvalue weighted by Crippen LogP contribution is -2.60. The number of pyridine rings is 1. The fraction of sp³-hybridized carbons (Fsp3) is 0.568. The Kier molecular flexibility index (Phi) is 15.5. The first-order chi connectivity index (χ1) is 25.0. The van der Waals surface area contributed by atoms with Crippen LogP contribution in [0.4, 0.5) is 4.79 Å². The van der Waals surface area contributed by atoms with Crippen molar-refractivity contribution in [2.24, 2.45) is 5.41 Å². The van der Waals surface area contributed by atoms with Crippen molar-refractivity contribution in [1.82, 2.24) is 26.1 Å². The van der Waals surface area contributed by atoms with Crippen LogP contribution < -0.4 is 16.1 Å². The second-order valence-electron chi connectivity index (χ2n) is 14.6. The molecule has 0 saturated carbocycles. The van der Waals surface area contributed by atoms with E-state index in [1.807, 2.05) is 37.3 Å². The van der Waals surface area contributed by atoms with Crippen molar-refractivity contribution < 1.29 is 42.9 Å². The van der Waals surface area contributed by atoms with E-state index in [4.69, 9.17) is 58.7 Å². The molecule has 54 heavy (non-hydrogen) atoms. The molecule has 1 aromatic carbocycles. The number of alkyl halides is 3. The number of halogens is 3. The van der Waals surface area contributed by atoms with Gasteiger partial charge in [-0.05, 0) is 85.9 Å². The van der Waals surface area contributed by atoms with Crippen molar-refractivity contribution in [2.75, 3.05) is 20.3 Å². The lowest BCUT2D eigenvalue weighted by Gasteiger charge is -2.35. The predicted molar refractivity (Wildman–Crippen MR) is 205 cm³/mol. The van der Waals surface area contributed by atoms with E-state index in [2.05, 4.69) is 16.1 Å². The number of ether oxygens (including phenoxy) is 4. The molecule has 0 radical (unpaired) electrons. The maximum absolute atomic E-state index is 13.5. The monoisotopic (exact) mass is 813 g/mol. The van der Waals surface area contributed by atoms with Gasteiger partial charge in [-0.1, -0.05) is 65.2 Å². The summed E-state index contributed by atoms with van der Waals surface area (Å²) >= 11 is 17.0. The molecule has 1 aromatic heterocycles. The van der Waals surface area contributed by atoms with Gasteiger partial charge in [-0.3, -0.25) is 29.2 Å². The van der Waals surface area contributed by atoms with Crippen molar-refractivity contribution in [1.29, 1.82) is 0 Å². The molecular formula is C37H50Cl3N5O9. The number of carbonyl (C=O) groups excluding carboxylic acids is 5. The molecule has 0 unspecified atom stereocenters. The molecule has 2 heterocycles. The minimum atomic E-state index is -1.78. The lowest BCUT2D eigenvalue weighted by molar-refractivity contribution is -0.170. The van der Waals surface area contributed by atoms with Gasteiger partial charge in [-0.15, -0.1) is 0 Å². The Morgan fingerprint density at radius 2 is 1.69 bits per heavy atom. The molecule has 14 nitrogen and oxygen atoms in total. The maximum Gasteiger partial charge on any atom is 0.408 e. The summed E-state index contributed by atoms with van der Waals surface area (Å²) < 4.78 is 19.7. The minimum absolute atomic E-state index is 0.263. The van der Waals surface area contributed by atoms with Crippen LogP contribution in [0.15, 0.2) is 36.4 Å². The summed E-state index contributed by atoms with van der Waals surface area (Å²) in [6.45, 7) is 13.3. The Morgan fingerprint density at radius 3 is 2.31 bits per heavy atom. The molecular weight excluding hydrogens is 765 g/mol. The highest BCUT2D eigenvalue weighted by Crippen LogP contribution is 2.27. The van der Waals surface area contributed by atoms with Crippen LogP contribution in [-0.2, 0) is 38.1 Å². The Hall–Kier alpha value is -3.69. The van der Waals surface area contributed by atoms with E-state index in [0.717, 1.165) is 10.9 Å². The predicted octanol–water partition coefficient (Wildman–Crippen LogP) is 5.72. The number of fused-ring (bicyclic) bond motifs is 1. The Morgan fingerprint density at radius 1 is 1.02 bits per heavy atom. The molecule has 3 N–H and O–H groups in total.